The standard InChI is InChI=1S/C39H24N2S/c1-2-10-25(11-3-1)28-15-8-17-32-33-18-9-16-29(38(33)42-37(28)32)26-20-22-27(23-21-26)36-24-40-39-34-14-5-4-12-30(34)31-13-6-7-19-35(31)41(36)39/h1-24H. The first-order valence-corrected chi connectivity index (χ1v) is 15.0. The fourth-order valence-electron chi connectivity index (χ4n) is 6.51. The maximum atomic E-state index is 4.92. The maximum absolute atomic E-state index is 4.92. The highest BCUT2D eigenvalue weighted by molar-refractivity contribution is 7.26. The van der Waals surface area contributed by atoms with Crippen molar-refractivity contribution in [3.05, 3.63) is 146 Å². The van der Waals surface area contributed by atoms with Crippen LogP contribution >= 0.6 is 11.3 Å². The van der Waals surface area contributed by atoms with E-state index in [2.05, 4.69) is 144 Å². The minimum atomic E-state index is 0.993. The van der Waals surface area contributed by atoms with Crippen molar-refractivity contribution < 1.29 is 0 Å². The van der Waals surface area contributed by atoms with Crippen molar-refractivity contribution in [2.75, 3.05) is 0 Å². The second-order valence-electron chi connectivity index (χ2n) is 10.8. The van der Waals surface area contributed by atoms with Crippen molar-refractivity contribution in [1.82, 2.24) is 9.38 Å². The van der Waals surface area contributed by atoms with Gasteiger partial charge in [0.1, 0.15) is 5.65 Å². The minimum Gasteiger partial charge on any atom is -0.292 e. The predicted octanol–water partition coefficient (Wildman–Crippen LogP) is 11.0. The van der Waals surface area contributed by atoms with Gasteiger partial charge < -0.3 is 0 Å². The molecule has 0 atom stereocenters. The predicted molar refractivity (Wildman–Crippen MR) is 179 cm³/mol. The zero-order valence-corrected chi connectivity index (χ0v) is 23.5. The van der Waals surface area contributed by atoms with E-state index in [4.69, 9.17) is 4.98 Å². The highest BCUT2D eigenvalue weighted by Crippen LogP contribution is 2.44. The molecule has 0 radical (unpaired) electrons. The average molecular weight is 553 g/mol. The van der Waals surface area contributed by atoms with Crippen LogP contribution in [-0.2, 0) is 0 Å². The molecule has 0 bridgehead atoms. The van der Waals surface area contributed by atoms with Gasteiger partial charge in [0.2, 0.25) is 0 Å². The quantitative estimate of drug-likeness (QED) is 0.199. The summed E-state index contributed by atoms with van der Waals surface area (Å²) < 4.78 is 4.98. The van der Waals surface area contributed by atoms with Crippen LogP contribution in [0.25, 0.3) is 81.0 Å². The van der Waals surface area contributed by atoms with E-state index in [1.807, 2.05) is 17.5 Å². The molecule has 0 unspecified atom stereocenters. The number of aromatic nitrogens is 2. The van der Waals surface area contributed by atoms with Gasteiger partial charge in [0.15, 0.2) is 0 Å². The average Bonchev–Trinajstić information content (AvgIpc) is 3.68. The molecule has 0 saturated heterocycles. The number of benzene rings is 6. The molecule has 6 aromatic carbocycles. The molecule has 0 fully saturated rings. The molecule has 0 N–H and O–H groups in total. The van der Waals surface area contributed by atoms with E-state index in [0.717, 1.165) is 16.9 Å². The fraction of sp³-hybridized carbons (Fsp3) is 0. The van der Waals surface area contributed by atoms with Gasteiger partial charge in [0.25, 0.3) is 0 Å². The normalized spacial score (nSPS) is 11.8. The Bertz CT molecular complexity index is 2450. The number of pyridine rings is 1. The van der Waals surface area contributed by atoms with E-state index in [1.54, 1.807) is 0 Å². The fourth-order valence-corrected chi connectivity index (χ4v) is 7.88. The van der Waals surface area contributed by atoms with E-state index >= 15 is 0 Å². The first-order chi connectivity index (χ1) is 20.8. The van der Waals surface area contributed by atoms with Crippen molar-refractivity contribution >= 4 is 58.8 Å². The van der Waals surface area contributed by atoms with Crippen LogP contribution in [-0.4, -0.2) is 9.38 Å². The van der Waals surface area contributed by atoms with Crippen molar-refractivity contribution in [2.45, 2.75) is 0 Å². The smallest absolute Gasteiger partial charge is 0.145 e. The van der Waals surface area contributed by atoms with E-state index in [0.29, 0.717) is 0 Å². The van der Waals surface area contributed by atoms with Crippen LogP contribution in [0.15, 0.2) is 146 Å². The topological polar surface area (TPSA) is 17.3 Å². The lowest BCUT2D eigenvalue weighted by atomic mass is 9.99. The summed E-state index contributed by atoms with van der Waals surface area (Å²) in [6.07, 6.45) is 2.01. The van der Waals surface area contributed by atoms with Crippen LogP contribution < -0.4 is 0 Å². The van der Waals surface area contributed by atoms with Crippen LogP contribution in [0.5, 0.6) is 0 Å². The van der Waals surface area contributed by atoms with Crippen LogP contribution in [0.3, 0.4) is 0 Å². The second-order valence-corrected chi connectivity index (χ2v) is 11.8. The van der Waals surface area contributed by atoms with Gasteiger partial charge in [-0.05, 0) is 33.7 Å². The van der Waals surface area contributed by atoms with Gasteiger partial charge in [-0.2, -0.15) is 0 Å². The Kier molecular flexibility index (Phi) is 5.10. The van der Waals surface area contributed by atoms with Crippen LogP contribution in [0.1, 0.15) is 0 Å². The van der Waals surface area contributed by atoms with Gasteiger partial charge in [-0.3, -0.25) is 4.40 Å². The molecule has 0 amide bonds. The SMILES string of the molecule is c1ccc(-c2cccc3c2sc2c(-c4ccc(-c5cnc6c7ccccc7c7ccccc7n56)cc4)cccc23)cc1. The molecule has 0 aliphatic carbocycles. The highest BCUT2D eigenvalue weighted by Gasteiger charge is 2.16. The van der Waals surface area contributed by atoms with Crippen molar-refractivity contribution in [1.29, 1.82) is 0 Å². The Hall–Kier alpha value is -5.25. The Morgan fingerprint density at radius 2 is 0.976 bits per heavy atom. The lowest BCUT2D eigenvalue weighted by molar-refractivity contribution is 1.27. The summed E-state index contributed by atoms with van der Waals surface area (Å²) in [4.78, 5) is 4.92. The molecule has 2 nitrogen and oxygen atoms in total. The van der Waals surface area contributed by atoms with Gasteiger partial charge in [-0.15, -0.1) is 11.3 Å². The zero-order valence-electron chi connectivity index (χ0n) is 22.7. The third kappa shape index (κ3) is 3.41. The maximum Gasteiger partial charge on any atom is 0.145 e. The van der Waals surface area contributed by atoms with Crippen LogP contribution in [0.2, 0.25) is 0 Å². The Balaban J connectivity index is 1.20. The largest absolute Gasteiger partial charge is 0.292 e. The van der Waals surface area contributed by atoms with Crippen molar-refractivity contribution in [2.24, 2.45) is 0 Å². The Morgan fingerprint density at radius 3 is 1.69 bits per heavy atom. The molecule has 9 aromatic rings. The number of hydrogen-bond donors (Lipinski definition) is 0. The number of thiophene rings is 1. The minimum absolute atomic E-state index is 0.993. The number of imidazole rings is 1. The monoisotopic (exact) mass is 552 g/mol. The molecular formula is C39H24N2S. The molecule has 42 heavy (non-hydrogen) atoms. The summed E-state index contributed by atoms with van der Waals surface area (Å²) in [5.74, 6) is 0. The molecular weight excluding hydrogens is 529 g/mol. The summed E-state index contributed by atoms with van der Waals surface area (Å²) in [5, 5.41) is 6.28. The third-order valence-corrected chi connectivity index (χ3v) is 9.75. The van der Waals surface area contributed by atoms with Crippen molar-refractivity contribution in [3.8, 4) is 33.5 Å². The van der Waals surface area contributed by atoms with Gasteiger partial charge in [-0.1, -0.05) is 133 Å². The summed E-state index contributed by atoms with van der Waals surface area (Å²) in [6.45, 7) is 0. The van der Waals surface area contributed by atoms with E-state index in [9.17, 15) is 0 Å². The number of nitrogens with zero attached hydrogens (tertiary/aromatic N) is 2. The van der Waals surface area contributed by atoms with E-state index < -0.39 is 0 Å². The first kappa shape index (κ1) is 23.5. The zero-order chi connectivity index (χ0) is 27.6. The third-order valence-electron chi connectivity index (χ3n) is 8.47. The number of fused-ring (bicyclic) bond motifs is 9. The molecule has 0 saturated carbocycles. The molecule has 0 aliphatic heterocycles. The summed E-state index contributed by atoms with van der Waals surface area (Å²) in [7, 11) is 0. The van der Waals surface area contributed by atoms with E-state index in [1.165, 1.54) is 64.1 Å². The Morgan fingerprint density at radius 1 is 0.429 bits per heavy atom. The van der Waals surface area contributed by atoms with Crippen LogP contribution in [0.4, 0.5) is 0 Å². The van der Waals surface area contributed by atoms with Crippen LogP contribution in [0, 0.1) is 0 Å². The number of para-hydroxylation sites is 1. The van der Waals surface area contributed by atoms with Gasteiger partial charge in [-0.25, -0.2) is 4.98 Å². The molecule has 3 aromatic heterocycles. The van der Waals surface area contributed by atoms with E-state index in [-0.39, 0.29) is 0 Å². The summed E-state index contributed by atoms with van der Waals surface area (Å²) in [5.41, 5.74) is 9.47. The lowest BCUT2D eigenvalue weighted by Crippen LogP contribution is -1.93. The molecule has 0 aliphatic rings. The molecule has 196 valence electrons. The number of hydrogen-bond acceptors (Lipinski definition) is 2. The number of rotatable bonds is 3. The molecule has 9 rings (SSSR count). The Labute approximate surface area is 246 Å². The lowest BCUT2D eigenvalue weighted by Gasteiger charge is -2.11. The van der Waals surface area contributed by atoms with Gasteiger partial charge in [0, 0.05) is 36.5 Å². The highest BCUT2D eigenvalue weighted by atomic mass is 32.1. The first-order valence-electron chi connectivity index (χ1n) is 14.2. The second kappa shape index (κ2) is 9.13. The molecule has 3 heteroatoms. The summed E-state index contributed by atoms with van der Waals surface area (Å²) >= 11 is 1.90. The summed E-state index contributed by atoms with van der Waals surface area (Å²) in [6, 6.07) is 50.3. The van der Waals surface area contributed by atoms with Gasteiger partial charge in [0.05, 0.1) is 17.4 Å². The molecule has 3 heterocycles. The van der Waals surface area contributed by atoms with Crippen molar-refractivity contribution in [3.63, 3.8) is 0 Å². The molecule has 0 spiro atoms. The van der Waals surface area contributed by atoms with Gasteiger partial charge >= 0.3 is 0 Å².